The van der Waals surface area contributed by atoms with E-state index in [1.807, 2.05) is 12.1 Å². The van der Waals surface area contributed by atoms with E-state index in [4.69, 9.17) is 17.3 Å². The quantitative estimate of drug-likeness (QED) is 0.853. The van der Waals surface area contributed by atoms with E-state index in [9.17, 15) is 0 Å². The van der Waals surface area contributed by atoms with Crippen LogP contribution in [0.15, 0.2) is 30.9 Å². The van der Waals surface area contributed by atoms with Gasteiger partial charge in [0.05, 0.1) is 10.4 Å². The summed E-state index contributed by atoms with van der Waals surface area (Å²) in [6, 6.07) is 3.57. The van der Waals surface area contributed by atoms with Crippen LogP contribution in [0.1, 0.15) is 16.5 Å². The van der Waals surface area contributed by atoms with Crippen LogP contribution in [0.3, 0.4) is 0 Å². The fourth-order valence-electron chi connectivity index (χ4n) is 1.13. The molecule has 5 heteroatoms. The van der Waals surface area contributed by atoms with Crippen molar-refractivity contribution >= 4 is 22.9 Å². The van der Waals surface area contributed by atoms with Gasteiger partial charge in [-0.3, -0.25) is 0 Å². The number of hydrogen-bond donors (Lipinski definition) is 1. The highest BCUT2D eigenvalue weighted by atomic mass is 35.5. The third-order valence-corrected chi connectivity index (χ3v) is 3.15. The van der Waals surface area contributed by atoms with Crippen LogP contribution < -0.4 is 5.73 Å². The van der Waals surface area contributed by atoms with Crippen molar-refractivity contribution in [1.29, 1.82) is 0 Å². The smallest absolute Gasteiger partial charge is 0.115 e. The lowest BCUT2D eigenvalue weighted by atomic mass is 10.1. The van der Waals surface area contributed by atoms with E-state index in [0.717, 1.165) is 14.8 Å². The average molecular weight is 226 g/mol. The second kappa shape index (κ2) is 4.04. The first-order chi connectivity index (χ1) is 6.77. The predicted molar refractivity (Wildman–Crippen MR) is 57.4 cm³/mol. The maximum Gasteiger partial charge on any atom is 0.115 e. The molecule has 0 saturated carbocycles. The van der Waals surface area contributed by atoms with Crippen LogP contribution in [-0.4, -0.2) is 9.97 Å². The molecule has 0 saturated heterocycles. The minimum absolute atomic E-state index is 0.186. The van der Waals surface area contributed by atoms with Crippen molar-refractivity contribution in [2.45, 2.75) is 6.04 Å². The van der Waals surface area contributed by atoms with E-state index in [2.05, 4.69) is 9.97 Å². The number of nitrogens with zero attached hydrogens (tertiary/aromatic N) is 2. The lowest BCUT2D eigenvalue weighted by molar-refractivity contribution is 0.869. The molecular formula is C9H8ClN3S. The number of halogens is 1. The third kappa shape index (κ3) is 1.92. The van der Waals surface area contributed by atoms with Gasteiger partial charge in [0.2, 0.25) is 0 Å². The van der Waals surface area contributed by atoms with Crippen LogP contribution in [0.5, 0.6) is 0 Å². The molecule has 14 heavy (non-hydrogen) atoms. The fraction of sp³-hybridized carbons (Fsp3) is 0.111. The van der Waals surface area contributed by atoms with Gasteiger partial charge < -0.3 is 5.73 Å². The molecule has 0 aliphatic heterocycles. The van der Waals surface area contributed by atoms with Gasteiger partial charge in [-0.15, -0.1) is 11.3 Å². The number of rotatable bonds is 2. The maximum absolute atomic E-state index is 6.00. The molecule has 0 aliphatic rings. The van der Waals surface area contributed by atoms with Crippen molar-refractivity contribution in [3.05, 3.63) is 45.6 Å². The van der Waals surface area contributed by atoms with Crippen LogP contribution in [0, 0.1) is 0 Å². The Morgan fingerprint density at radius 2 is 2.00 bits per heavy atom. The molecule has 2 heterocycles. The normalized spacial score (nSPS) is 12.7. The Bertz CT molecular complexity index is 415. The zero-order valence-electron chi connectivity index (χ0n) is 7.22. The van der Waals surface area contributed by atoms with Crippen molar-refractivity contribution in [3.8, 4) is 0 Å². The molecule has 1 atom stereocenters. The van der Waals surface area contributed by atoms with Crippen LogP contribution in [0.4, 0.5) is 0 Å². The summed E-state index contributed by atoms with van der Waals surface area (Å²) in [5.41, 5.74) is 6.90. The molecule has 2 rings (SSSR count). The van der Waals surface area contributed by atoms with Gasteiger partial charge in [0.1, 0.15) is 6.33 Å². The SMILES string of the molecule is NC(c1cncnc1)c1ccc(Cl)s1. The highest BCUT2D eigenvalue weighted by Crippen LogP contribution is 2.28. The minimum Gasteiger partial charge on any atom is -0.320 e. The zero-order valence-corrected chi connectivity index (χ0v) is 8.79. The van der Waals surface area contributed by atoms with Crippen molar-refractivity contribution in [2.24, 2.45) is 5.73 Å². The van der Waals surface area contributed by atoms with Crippen molar-refractivity contribution in [2.75, 3.05) is 0 Å². The van der Waals surface area contributed by atoms with E-state index in [1.165, 1.54) is 17.7 Å². The van der Waals surface area contributed by atoms with Gasteiger partial charge in [0.15, 0.2) is 0 Å². The first-order valence-corrected chi connectivity index (χ1v) is 5.22. The van der Waals surface area contributed by atoms with Gasteiger partial charge in [-0.1, -0.05) is 11.6 Å². The maximum atomic E-state index is 6.00. The monoisotopic (exact) mass is 225 g/mol. The highest BCUT2D eigenvalue weighted by Gasteiger charge is 2.11. The molecule has 2 aromatic heterocycles. The number of aromatic nitrogens is 2. The van der Waals surface area contributed by atoms with Gasteiger partial charge in [-0.2, -0.15) is 0 Å². The summed E-state index contributed by atoms with van der Waals surface area (Å²) in [7, 11) is 0. The van der Waals surface area contributed by atoms with Crippen molar-refractivity contribution in [3.63, 3.8) is 0 Å². The van der Waals surface area contributed by atoms with Crippen molar-refractivity contribution < 1.29 is 0 Å². The molecule has 0 fully saturated rings. The second-order valence-corrected chi connectivity index (χ2v) is 4.54. The fourth-order valence-corrected chi connectivity index (χ4v) is 2.22. The topological polar surface area (TPSA) is 51.8 Å². The lowest BCUT2D eigenvalue weighted by Gasteiger charge is -2.07. The number of nitrogens with two attached hydrogens (primary N) is 1. The van der Waals surface area contributed by atoms with E-state index in [1.54, 1.807) is 12.4 Å². The Labute approximate surface area is 90.6 Å². The molecule has 3 nitrogen and oxygen atoms in total. The van der Waals surface area contributed by atoms with Gasteiger partial charge in [-0.05, 0) is 12.1 Å². The summed E-state index contributed by atoms with van der Waals surface area (Å²) in [6.45, 7) is 0. The molecule has 72 valence electrons. The van der Waals surface area contributed by atoms with Crippen molar-refractivity contribution in [1.82, 2.24) is 9.97 Å². The molecule has 0 amide bonds. The van der Waals surface area contributed by atoms with E-state index < -0.39 is 0 Å². The molecule has 1 unspecified atom stereocenters. The second-order valence-electron chi connectivity index (χ2n) is 2.79. The highest BCUT2D eigenvalue weighted by molar-refractivity contribution is 7.16. The lowest BCUT2D eigenvalue weighted by Crippen LogP contribution is -2.10. The van der Waals surface area contributed by atoms with Gasteiger partial charge >= 0.3 is 0 Å². The molecule has 0 aliphatic carbocycles. The summed E-state index contributed by atoms with van der Waals surface area (Å²) in [5, 5.41) is 0. The van der Waals surface area contributed by atoms with Crippen LogP contribution in [-0.2, 0) is 0 Å². The van der Waals surface area contributed by atoms with Crippen LogP contribution in [0.25, 0.3) is 0 Å². The summed E-state index contributed by atoms with van der Waals surface area (Å²) in [4.78, 5) is 8.86. The van der Waals surface area contributed by atoms with E-state index in [0.29, 0.717) is 0 Å². The number of hydrogen-bond acceptors (Lipinski definition) is 4. The van der Waals surface area contributed by atoms with E-state index >= 15 is 0 Å². The minimum atomic E-state index is -0.186. The Balaban J connectivity index is 2.29. The van der Waals surface area contributed by atoms with Gasteiger partial charge in [-0.25, -0.2) is 9.97 Å². The third-order valence-electron chi connectivity index (χ3n) is 1.84. The molecule has 0 spiro atoms. The average Bonchev–Trinajstić information content (AvgIpc) is 2.65. The summed E-state index contributed by atoms with van der Waals surface area (Å²) >= 11 is 7.30. The summed E-state index contributed by atoms with van der Waals surface area (Å²) < 4.78 is 0.743. The van der Waals surface area contributed by atoms with Gasteiger partial charge in [0.25, 0.3) is 0 Å². The molecule has 0 bridgehead atoms. The molecule has 2 N–H and O–H groups in total. The first-order valence-electron chi connectivity index (χ1n) is 4.03. The molecule has 2 aromatic rings. The summed E-state index contributed by atoms with van der Waals surface area (Å²) in [6.07, 6.45) is 4.91. The Hall–Kier alpha value is -0.970. The Morgan fingerprint density at radius 3 is 2.57 bits per heavy atom. The standard InChI is InChI=1S/C9H8ClN3S/c10-8-2-1-7(14-8)9(11)6-3-12-5-13-4-6/h1-5,9H,11H2. The van der Waals surface area contributed by atoms with E-state index in [-0.39, 0.29) is 6.04 Å². The summed E-state index contributed by atoms with van der Waals surface area (Å²) in [5.74, 6) is 0. The predicted octanol–water partition coefficient (Wildman–Crippen LogP) is 2.24. The molecule has 0 radical (unpaired) electrons. The zero-order chi connectivity index (χ0) is 9.97. The van der Waals surface area contributed by atoms with Crippen LogP contribution >= 0.6 is 22.9 Å². The first kappa shape index (κ1) is 9.58. The Morgan fingerprint density at radius 1 is 1.29 bits per heavy atom. The largest absolute Gasteiger partial charge is 0.320 e. The Kier molecular flexibility index (Phi) is 2.77. The van der Waals surface area contributed by atoms with Crippen LogP contribution in [0.2, 0.25) is 4.34 Å². The molecular weight excluding hydrogens is 218 g/mol. The number of thiophene rings is 1. The molecule has 0 aromatic carbocycles. The van der Waals surface area contributed by atoms with Gasteiger partial charge in [0, 0.05) is 22.8 Å².